The predicted octanol–water partition coefficient (Wildman–Crippen LogP) is -0.184. The van der Waals surface area contributed by atoms with Crippen molar-refractivity contribution < 1.29 is 14.3 Å². The van der Waals surface area contributed by atoms with Gasteiger partial charge < -0.3 is 15.4 Å². The average molecular weight is 352 g/mol. The molecule has 2 N–H and O–H groups in total. The maximum Gasteiger partial charge on any atom is 0.234 e. The van der Waals surface area contributed by atoms with Crippen LogP contribution < -0.4 is 10.6 Å². The summed E-state index contributed by atoms with van der Waals surface area (Å²) in [4.78, 5) is 28.4. The Morgan fingerprint density at radius 2 is 1.72 bits per heavy atom. The lowest BCUT2D eigenvalue weighted by Crippen LogP contribution is -2.51. The van der Waals surface area contributed by atoms with Crippen molar-refractivity contribution in [2.45, 2.75) is 38.2 Å². The van der Waals surface area contributed by atoms with Gasteiger partial charge in [0.2, 0.25) is 11.8 Å². The van der Waals surface area contributed by atoms with Crippen molar-refractivity contribution in [2.75, 3.05) is 59.0 Å². The zero-order chi connectivity index (χ0) is 17.5. The van der Waals surface area contributed by atoms with Crippen molar-refractivity contribution in [2.24, 2.45) is 5.92 Å². The lowest BCUT2D eigenvalue weighted by Gasteiger charge is -2.34. The quantitative estimate of drug-likeness (QED) is 0.634. The van der Waals surface area contributed by atoms with E-state index in [2.05, 4.69) is 20.4 Å². The largest absolute Gasteiger partial charge is 0.376 e. The van der Waals surface area contributed by atoms with Crippen LogP contribution in [-0.2, 0) is 14.3 Å². The lowest BCUT2D eigenvalue weighted by atomic mass is 9.85. The van der Waals surface area contributed by atoms with Crippen molar-refractivity contribution in [1.29, 1.82) is 0 Å². The van der Waals surface area contributed by atoms with E-state index in [4.69, 9.17) is 4.74 Å². The van der Waals surface area contributed by atoms with Crippen LogP contribution >= 0.6 is 0 Å². The summed E-state index contributed by atoms with van der Waals surface area (Å²) in [6, 6.07) is 0. The number of rotatable bonds is 8. The summed E-state index contributed by atoms with van der Waals surface area (Å²) in [6.07, 6.45) is 5.66. The Balaban J connectivity index is 1.22. The summed E-state index contributed by atoms with van der Waals surface area (Å²) in [6.45, 7) is 7.29. The molecule has 3 aliphatic rings. The molecule has 2 saturated heterocycles. The molecule has 7 heteroatoms. The van der Waals surface area contributed by atoms with E-state index in [0.717, 1.165) is 71.6 Å². The van der Waals surface area contributed by atoms with Gasteiger partial charge in [-0.3, -0.25) is 19.4 Å². The first-order valence-corrected chi connectivity index (χ1v) is 9.81. The van der Waals surface area contributed by atoms with E-state index < -0.39 is 0 Å². The summed E-state index contributed by atoms with van der Waals surface area (Å²) < 4.78 is 5.52. The molecule has 25 heavy (non-hydrogen) atoms. The molecule has 0 bridgehead atoms. The Morgan fingerprint density at radius 3 is 2.36 bits per heavy atom. The molecule has 7 nitrogen and oxygen atoms in total. The Bertz CT molecular complexity index is 442. The van der Waals surface area contributed by atoms with Crippen molar-refractivity contribution in [3.8, 4) is 0 Å². The Hall–Kier alpha value is -1.18. The number of ether oxygens (including phenoxy) is 1. The maximum atomic E-state index is 12.0. The summed E-state index contributed by atoms with van der Waals surface area (Å²) >= 11 is 0. The highest BCUT2D eigenvalue weighted by atomic mass is 16.5. The number of carbonyl (C=O) groups is 2. The van der Waals surface area contributed by atoms with Gasteiger partial charge in [-0.25, -0.2) is 0 Å². The number of nitrogens with zero attached hydrogens (tertiary/aromatic N) is 2. The topological polar surface area (TPSA) is 73.9 Å². The minimum Gasteiger partial charge on any atom is -0.376 e. The number of nitrogens with one attached hydrogen (secondary N) is 2. The first kappa shape index (κ1) is 18.6. The van der Waals surface area contributed by atoms with Crippen LogP contribution in [0.15, 0.2) is 0 Å². The number of carbonyl (C=O) groups excluding carboxylic acids is 2. The molecule has 1 unspecified atom stereocenters. The van der Waals surface area contributed by atoms with Crippen LogP contribution in [0, 0.1) is 5.92 Å². The van der Waals surface area contributed by atoms with E-state index in [-0.39, 0.29) is 23.8 Å². The van der Waals surface area contributed by atoms with Gasteiger partial charge in [0.1, 0.15) is 0 Å². The van der Waals surface area contributed by atoms with Crippen LogP contribution in [0.3, 0.4) is 0 Å². The van der Waals surface area contributed by atoms with Gasteiger partial charge in [-0.1, -0.05) is 6.42 Å². The zero-order valence-corrected chi connectivity index (χ0v) is 15.2. The molecule has 0 aromatic carbocycles. The third-order valence-corrected chi connectivity index (χ3v) is 5.59. The van der Waals surface area contributed by atoms with Crippen LogP contribution in [0.5, 0.6) is 0 Å². The Kier molecular flexibility index (Phi) is 7.07. The van der Waals surface area contributed by atoms with Crippen LogP contribution in [0.2, 0.25) is 0 Å². The van der Waals surface area contributed by atoms with Gasteiger partial charge in [0.05, 0.1) is 12.6 Å². The molecule has 0 aromatic rings. The average Bonchev–Trinajstić information content (AvgIpc) is 3.06. The first-order chi connectivity index (χ1) is 12.2. The van der Waals surface area contributed by atoms with E-state index in [1.807, 2.05) is 0 Å². The van der Waals surface area contributed by atoms with Gasteiger partial charge in [0.25, 0.3) is 0 Å². The van der Waals surface area contributed by atoms with E-state index in [0.29, 0.717) is 13.1 Å². The molecule has 3 fully saturated rings. The molecule has 2 aliphatic heterocycles. The molecular formula is C18H32N4O3. The fourth-order valence-corrected chi connectivity index (χ4v) is 3.61. The number of amides is 2. The van der Waals surface area contributed by atoms with E-state index in [1.54, 1.807) is 0 Å². The Morgan fingerprint density at radius 1 is 0.960 bits per heavy atom. The van der Waals surface area contributed by atoms with Gasteiger partial charge in [-0.15, -0.1) is 0 Å². The summed E-state index contributed by atoms with van der Waals surface area (Å²) in [5.74, 6) is 0.592. The highest BCUT2D eigenvalue weighted by Gasteiger charge is 2.25. The number of piperazine rings is 1. The Labute approximate surface area is 150 Å². The monoisotopic (exact) mass is 352 g/mol. The predicted molar refractivity (Wildman–Crippen MR) is 95.2 cm³/mol. The molecule has 0 spiro atoms. The van der Waals surface area contributed by atoms with Crippen LogP contribution in [0.4, 0.5) is 0 Å². The maximum absolute atomic E-state index is 12.0. The van der Waals surface area contributed by atoms with Gasteiger partial charge in [0.15, 0.2) is 0 Å². The SMILES string of the molecule is O=C(CN1CCN(CCNC(=O)C2CCC2)CC1)NCC1CCCO1. The molecule has 0 radical (unpaired) electrons. The van der Waals surface area contributed by atoms with Gasteiger partial charge in [0, 0.05) is 58.3 Å². The molecular weight excluding hydrogens is 320 g/mol. The van der Waals surface area contributed by atoms with Crippen molar-refractivity contribution in [3.05, 3.63) is 0 Å². The first-order valence-electron chi connectivity index (χ1n) is 9.81. The van der Waals surface area contributed by atoms with Gasteiger partial charge in [-0.05, 0) is 25.7 Å². The highest BCUT2D eigenvalue weighted by Crippen LogP contribution is 2.25. The molecule has 1 aliphatic carbocycles. The fraction of sp³-hybridized carbons (Fsp3) is 0.889. The normalized spacial score (nSPS) is 25.5. The van der Waals surface area contributed by atoms with Crippen molar-refractivity contribution in [1.82, 2.24) is 20.4 Å². The second kappa shape index (κ2) is 9.50. The summed E-state index contributed by atoms with van der Waals surface area (Å²) in [5.41, 5.74) is 0. The molecule has 0 aromatic heterocycles. The molecule has 2 amide bonds. The van der Waals surface area contributed by atoms with Gasteiger partial charge >= 0.3 is 0 Å². The summed E-state index contributed by atoms with van der Waals surface area (Å²) in [5, 5.41) is 6.03. The minimum absolute atomic E-state index is 0.0942. The van der Waals surface area contributed by atoms with Crippen molar-refractivity contribution in [3.63, 3.8) is 0 Å². The second-order valence-electron chi connectivity index (χ2n) is 7.48. The standard InChI is InChI=1S/C18H32N4O3/c23-17(20-13-16-5-2-12-25-16)14-22-10-8-21(9-11-22)7-6-19-18(24)15-3-1-4-15/h15-16H,1-14H2,(H,19,24)(H,20,23). The van der Waals surface area contributed by atoms with Crippen molar-refractivity contribution >= 4 is 11.8 Å². The highest BCUT2D eigenvalue weighted by molar-refractivity contribution is 5.79. The lowest BCUT2D eigenvalue weighted by molar-refractivity contribution is -0.127. The van der Waals surface area contributed by atoms with Crippen LogP contribution in [-0.4, -0.2) is 86.7 Å². The smallest absolute Gasteiger partial charge is 0.234 e. The molecule has 2 heterocycles. The molecule has 142 valence electrons. The number of hydrogen-bond donors (Lipinski definition) is 2. The number of hydrogen-bond acceptors (Lipinski definition) is 5. The summed E-state index contributed by atoms with van der Waals surface area (Å²) in [7, 11) is 0. The minimum atomic E-state index is 0.0942. The van der Waals surface area contributed by atoms with Crippen LogP contribution in [0.1, 0.15) is 32.1 Å². The third kappa shape index (κ3) is 5.94. The molecule has 1 atom stereocenters. The molecule has 1 saturated carbocycles. The van der Waals surface area contributed by atoms with E-state index >= 15 is 0 Å². The van der Waals surface area contributed by atoms with E-state index in [1.165, 1.54) is 6.42 Å². The zero-order valence-electron chi connectivity index (χ0n) is 15.2. The van der Waals surface area contributed by atoms with E-state index in [9.17, 15) is 9.59 Å². The fourth-order valence-electron chi connectivity index (χ4n) is 3.61. The molecule has 3 rings (SSSR count). The van der Waals surface area contributed by atoms with Crippen LogP contribution in [0.25, 0.3) is 0 Å². The third-order valence-electron chi connectivity index (χ3n) is 5.59. The van der Waals surface area contributed by atoms with Gasteiger partial charge in [-0.2, -0.15) is 0 Å². The second-order valence-corrected chi connectivity index (χ2v) is 7.48.